The minimum atomic E-state index is -4.44. The van der Waals surface area contributed by atoms with E-state index in [1.807, 2.05) is 0 Å². The third kappa shape index (κ3) is 3.94. The molecule has 0 N–H and O–H groups in total. The molecule has 0 radical (unpaired) electrons. The average molecular weight is 455 g/mol. The predicted molar refractivity (Wildman–Crippen MR) is 109 cm³/mol. The minimum absolute atomic E-state index is 0.00419. The molecule has 4 rings (SSSR count). The van der Waals surface area contributed by atoms with Crippen molar-refractivity contribution in [2.24, 2.45) is 0 Å². The van der Waals surface area contributed by atoms with E-state index in [4.69, 9.17) is 4.42 Å². The van der Waals surface area contributed by atoms with Crippen LogP contribution in [-0.2, 0) is 22.7 Å². The summed E-state index contributed by atoms with van der Waals surface area (Å²) in [7, 11) is -3.85. The molecule has 11 heteroatoms. The first kappa shape index (κ1) is 21.4. The van der Waals surface area contributed by atoms with E-state index < -0.39 is 27.5 Å². The van der Waals surface area contributed by atoms with Gasteiger partial charge in [-0.25, -0.2) is 13.2 Å². The first-order chi connectivity index (χ1) is 14.6. The summed E-state index contributed by atoms with van der Waals surface area (Å²) in [5.74, 6) is -0.554. The van der Waals surface area contributed by atoms with Gasteiger partial charge < -0.3 is 9.32 Å². The Bertz CT molecular complexity index is 1270. The summed E-state index contributed by atoms with van der Waals surface area (Å²) in [5, 5.41) is 0. The van der Waals surface area contributed by atoms with Crippen LogP contribution in [0.3, 0.4) is 0 Å². The van der Waals surface area contributed by atoms with Crippen molar-refractivity contribution in [2.45, 2.75) is 24.5 Å². The number of hydrogen-bond acceptors (Lipinski definition) is 5. The quantitative estimate of drug-likeness (QED) is 0.604. The minimum Gasteiger partial charge on any atom is -0.408 e. The summed E-state index contributed by atoms with van der Waals surface area (Å²) in [5.41, 5.74) is 0.362. The van der Waals surface area contributed by atoms with Crippen molar-refractivity contribution in [2.75, 3.05) is 31.1 Å². The van der Waals surface area contributed by atoms with Gasteiger partial charge in [-0.15, -0.1) is 0 Å². The zero-order valence-corrected chi connectivity index (χ0v) is 17.4. The summed E-state index contributed by atoms with van der Waals surface area (Å²) >= 11 is 0. The van der Waals surface area contributed by atoms with Crippen LogP contribution in [0.5, 0.6) is 0 Å². The molecule has 0 saturated carbocycles. The molecule has 3 aromatic rings. The summed E-state index contributed by atoms with van der Waals surface area (Å²) in [6, 6.07) is 9.29. The van der Waals surface area contributed by atoms with E-state index in [0.717, 1.165) is 12.1 Å². The van der Waals surface area contributed by atoms with Gasteiger partial charge >= 0.3 is 11.9 Å². The number of piperazine rings is 1. The fourth-order valence-electron chi connectivity index (χ4n) is 3.72. The van der Waals surface area contributed by atoms with Gasteiger partial charge in [0.15, 0.2) is 5.58 Å². The number of oxazole rings is 1. The van der Waals surface area contributed by atoms with Crippen molar-refractivity contribution in [1.29, 1.82) is 0 Å². The van der Waals surface area contributed by atoms with E-state index in [1.165, 1.54) is 33.1 Å². The third-order valence-corrected chi connectivity index (χ3v) is 7.27. The lowest BCUT2D eigenvalue weighted by Gasteiger charge is -2.35. The van der Waals surface area contributed by atoms with E-state index in [-0.39, 0.29) is 36.7 Å². The number of anilines is 1. The van der Waals surface area contributed by atoms with Crippen LogP contribution in [0.1, 0.15) is 12.5 Å². The van der Waals surface area contributed by atoms with Gasteiger partial charge in [0.1, 0.15) is 0 Å². The van der Waals surface area contributed by atoms with Gasteiger partial charge in [-0.3, -0.25) is 4.57 Å². The number of benzene rings is 2. The second kappa shape index (κ2) is 7.72. The molecule has 31 heavy (non-hydrogen) atoms. The van der Waals surface area contributed by atoms with Crippen molar-refractivity contribution >= 4 is 26.8 Å². The number of rotatable bonds is 4. The highest BCUT2D eigenvalue weighted by Crippen LogP contribution is 2.32. The third-order valence-electron chi connectivity index (χ3n) is 5.37. The highest BCUT2D eigenvalue weighted by Gasteiger charge is 2.32. The fraction of sp³-hybridized carbons (Fsp3) is 0.350. The van der Waals surface area contributed by atoms with Crippen LogP contribution in [0.25, 0.3) is 11.1 Å². The largest absolute Gasteiger partial charge is 0.419 e. The number of alkyl halides is 3. The standard InChI is InChI=1S/C20H20F3N3O4S/c1-2-26-17-7-6-16(13-18(17)30-19(26)27)31(28,29)25-10-8-24(9-11-25)15-5-3-4-14(12-15)20(21,22)23/h3-7,12-13H,2,8-11H2,1H3. The fourth-order valence-corrected chi connectivity index (χ4v) is 5.16. The number of aromatic nitrogens is 1. The van der Waals surface area contributed by atoms with E-state index in [9.17, 15) is 26.4 Å². The predicted octanol–water partition coefficient (Wildman–Crippen LogP) is 3.14. The van der Waals surface area contributed by atoms with E-state index in [0.29, 0.717) is 17.7 Å². The molecule has 1 fully saturated rings. The number of hydrogen-bond donors (Lipinski definition) is 0. The van der Waals surface area contributed by atoms with Crippen molar-refractivity contribution in [1.82, 2.24) is 8.87 Å². The molecule has 0 amide bonds. The van der Waals surface area contributed by atoms with Crippen LogP contribution in [0.2, 0.25) is 0 Å². The van der Waals surface area contributed by atoms with Crippen LogP contribution in [0, 0.1) is 0 Å². The summed E-state index contributed by atoms with van der Waals surface area (Å²) in [4.78, 5) is 13.6. The molecular weight excluding hydrogens is 435 g/mol. The first-order valence-corrected chi connectivity index (χ1v) is 11.1. The Morgan fingerprint density at radius 3 is 2.39 bits per heavy atom. The van der Waals surface area contributed by atoms with Gasteiger partial charge in [0, 0.05) is 44.5 Å². The van der Waals surface area contributed by atoms with Crippen molar-refractivity contribution in [3.63, 3.8) is 0 Å². The Morgan fingerprint density at radius 1 is 1.03 bits per heavy atom. The first-order valence-electron chi connectivity index (χ1n) is 9.67. The van der Waals surface area contributed by atoms with E-state index in [1.54, 1.807) is 17.9 Å². The maximum Gasteiger partial charge on any atom is 0.419 e. The van der Waals surface area contributed by atoms with Gasteiger partial charge in [0.05, 0.1) is 16.0 Å². The van der Waals surface area contributed by atoms with Gasteiger partial charge in [0.25, 0.3) is 0 Å². The lowest BCUT2D eigenvalue weighted by molar-refractivity contribution is -0.137. The van der Waals surface area contributed by atoms with Crippen molar-refractivity contribution < 1.29 is 26.0 Å². The Morgan fingerprint density at radius 2 is 1.74 bits per heavy atom. The van der Waals surface area contributed by atoms with Gasteiger partial charge in [0.2, 0.25) is 10.0 Å². The second-order valence-corrected chi connectivity index (χ2v) is 9.12. The lowest BCUT2D eigenvalue weighted by Crippen LogP contribution is -2.48. The smallest absolute Gasteiger partial charge is 0.408 e. The van der Waals surface area contributed by atoms with E-state index in [2.05, 4.69) is 0 Å². The van der Waals surface area contributed by atoms with Crippen molar-refractivity contribution in [3.8, 4) is 0 Å². The Hall–Kier alpha value is -2.79. The molecule has 0 unspecified atom stereocenters. The number of sulfonamides is 1. The lowest BCUT2D eigenvalue weighted by atomic mass is 10.1. The molecule has 1 saturated heterocycles. The molecule has 0 aliphatic carbocycles. The molecule has 7 nitrogen and oxygen atoms in total. The Kier molecular flexibility index (Phi) is 5.34. The summed E-state index contributed by atoms with van der Waals surface area (Å²) < 4.78 is 72.8. The summed E-state index contributed by atoms with van der Waals surface area (Å²) in [6.45, 7) is 2.93. The maximum absolute atomic E-state index is 13.1. The SMILES string of the molecule is CCn1c(=O)oc2cc(S(=O)(=O)N3CCN(c4cccc(C(F)(F)F)c4)CC3)ccc21. The Labute approximate surface area is 176 Å². The molecule has 0 atom stereocenters. The summed E-state index contributed by atoms with van der Waals surface area (Å²) in [6.07, 6.45) is -4.44. The molecule has 2 aromatic carbocycles. The number of nitrogens with zero attached hydrogens (tertiary/aromatic N) is 3. The van der Waals surface area contributed by atoms with E-state index >= 15 is 0 Å². The number of aryl methyl sites for hydroxylation is 1. The normalized spacial score (nSPS) is 16.2. The van der Waals surface area contributed by atoms with Crippen LogP contribution >= 0.6 is 0 Å². The molecule has 166 valence electrons. The highest BCUT2D eigenvalue weighted by molar-refractivity contribution is 7.89. The van der Waals surface area contributed by atoms with Crippen molar-refractivity contribution in [3.05, 3.63) is 58.6 Å². The molecule has 0 bridgehead atoms. The van der Waals surface area contributed by atoms with Crippen LogP contribution < -0.4 is 10.7 Å². The van der Waals surface area contributed by atoms with Gasteiger partial charge in [-0.2, -0.15) is 17.5 Å². The zero-order chi connectivity index (χ0) is 22.4. The topological polar surface area (TPSA) is 75.8 Å². The van der Waals surface area contributed by atoms with Crippen LogP contribution in [0.15, 0.2) is 56.6 Å². The molecule has 1 aliphatic heterocycles. The average Bonchev–Trinajstić information content (AvgIpc) is 3.07. The molecule has 1 aromatic heterocycles. The highest BCUT2D eigenvalue weighted by atomic mass is 32.2. The molecule has 1 aliphatic rings. The van der Waals surface area contributed by atoms with Crippen LogP contribution in [-0.4, -0.2) is 43.5 Å². The monoisotopic (exact) mass is 455 g/mol. The number of halogens is 3. The zero-order valence-electron chi connectivity index (χ0n) is 16.6. The molecule has 0 spiro atoms. The number of fused-ring (bicyclic) bond motifs is 1. The van der Waals surface area contributed by atoms with Gasteiger partial charge in [-0.1, -0.05) is 6.07 Å². The maximum atomic E-state index is 13.1. The second-order valence-electron chi connectivity index (χ2n) is 7.18. The van der Waals surface area contributed by atoms with Gasteiger partial charge in [-0.05, 0) is 37.3 Å². The van der Waals surface area contributed by atoms with Crippen LogP contribution in [0.4, 0.5) is 18.9 Å². The Balaban J connectivity index is 1.53. The molecule has 2 heterocycles. The molecular formula is C20H20F3N3O4S.